The van der Waals surface area contributed by atoms with Crippen LogP contribution in [0.4, 0.5) is 0 Å². The second kappa shape index (κ2) is 5.19. The highest BCUT2D eigenvalue weighted by molar-refractivity contribution is 8.23. The summed E-state index contributed by atoms with van der Waals surface area (Å²) >= 11 is 7.22. The summed E-state index contributed by atoms with van der Waals surface area (Å²) in [7, 11) is 0. The molecule has 1 atom stereocenters. The minimum atomic E-state index is 0.510. The average molecular weight is 251 g/mol. The molecule has 0 bridgehead atoms. The SMILES string of the molecule is CC(C)N1C(=S)SCC1Cc1ccccc1. The summed E-state index contributed by atoms with van der Waals surface area (Å²) in [6.07, 6.45) is 1.10. The Morgan fingerprint density at radius 3 is 2.69 bits per heavy atom. The van der Waals surface area contributed by atoms with Crippen LogP contribution in [0, 0.1) is 0 Å². The molecule has 1 aliphatic heterocycles. The van der Waals surface area contributed by atoms with Crippen molar-refractivity contribution in [3.8, 4) is 0 Å². The van der Waals surface area contributed by atoms with Gasteiger partial charge in [-0.1, -0.05) is 54.3 Å². The fourth-order valence-corrected chi connectivity index (χ4v) is 3.83. The topological polar surface area (TPSA) is 3.24 Å². The minimum Gasteiger partial charge on any atom is -0.351 e. The van der Waals surface area contributed by atoms with Gasteiger partial charge in [0.2, 0.25) is 0 Å². The van der Waals surface area contributed by atoms with E-state index in [0.717, 1.165) is 16.5 Å². The van der Waals surface area contributed by atoms with Crippen LogP contribution in [0.1, 0.15) is 19.4 Å². The Labute approximate surface area is 107 Å². The number of hydrogen-bond donors (Lipinski definition) is 0. The molecular formula is C13H17NS2. The number of nitrogens with zero attached hydrogens (tertiary/aromatic N) is 1. The van der Waals surface area contributed by atoms with Gasteiger partial charge in [-0.2, -0.15) is 0 Å². The molecule has 1 aliphatic rings. The van der Waals surface area contributed by atoms with Crippen LogP contribution >= 0.6 is 24.0 Å². The summed E-state index contributed by atoms with van der Waals surface area (Å²) in [6, 6.07) is 11.8. The predicted octanol–water partition coefficient (Wildman–Crippen LogP) is 3.34. The van der Waals surface area contributed by atoms with Crippen LogP contribution in [0.2, 0.25) is 0 Å². The van der Waals surface area contributed by atoms with E-state index in [1.165, 1.54) is 5.56 Å². The predicted molar refractivity (Wildman–Crippen MR) is 76.0 cm³/mol. The number of thioether (sulfide) groups is 1. The fraction of sp³-hybridized carbons (Fsp3) is 0.462. The minimum absolute atomic E-state index is 0.510. The molecule has 1 aromatic rings. The van der Waals surface area contributed by atoms with Gasteiger partial charge in [0, 0.05) is 17.8 Å². The first-order valence-corrected chi connectivity index (χ1v) is 7.07. The lowest BCUT2D eigenvalue weighted by Crippen LogP contribution is -2.39. The van der Waals surface area contributed by atoms with Gasteiger partial charge >= 0.3 is 0 Å². The first-order valence-electron chi connectivity index (χ1n) is 5.67. The maximum Gasteiger partial charge on any atom is 0.136 e. The highest BCUT2D eigenvalue weighted by Crippen LogP contribution is 2.28. The fourth-order valence-electron chi connectivity index (χ4n) is 2.15. The molecule has 1 nitrogen and oxygen atoms in total. The Balaban J connectivity index is 2.07. The van der Waals surface area contributed by atoms with Crippen molar-refractivity contribution in [3.63, 3.8) is 0 Å². The third-order valence-corrected chi connectivity index (χ3v) is 4.45. The monoisotopic (exact) mass is 251 g/mol. The summed E-state index contributed by atoms with van der Waals surface area (Å²) in [6.45, 7) is 4.44. The van der Waals surface area contributed by atoms with Crippen molar-refractivity contribution in [2.24, 2.45) is 0 Å². The van der Waals surface area contributed by atoms with E-state index in [1.54, 1.807) is 0 Å². The maximum absolute atomic E-state index is 5.40. The number of benzene rings is 1. The third kappa shape index (κ3) is 2.58. The van der Waals surface area contributed by atoms with Crippen molar-refractivity contribution in [1.29, 1.82) is 0 Å². The molecule has 16 heavy (non-hydrogen) atoms. The number of rotatable bonds is 3. The Morgan fingerprint density at radius 1 is 1.38 bits per heavy atom. The lowest BCUT2D eigenvalue weighted by Gasteiger charge is -2.29. The Hall–Kier alpha value is -0.540. The van der Waals surface area contributed by atoms with E-state index in [4.69, 9.17) is 12.2 Å². The highest BCUT2D eigenvalue weighted by atomic mass is 32.2. The number of hydrogen-bond acceptors (Lipinski definition) is 2. The molecule has 0 spiro atoms. The van der Waals surface area contributed by atoms with Crippen LogP contribution in [0.3, 0.4) is 0 Å². The van der Waals surface area contributed by atoms with Gasteiger partial charge in [0.15, 0.2) is 0 Å². The molecule has 1 aromatic carbocycles. The zero-order valence-corrected chi connectivity index (χ0v) is 11.4. The Morgan fingerprint density at radius 2 is 2.06 bits per heavy atom. The summed E-state index contributed by atoms with van der Waals surface area (Å²) in [5.41, 5.74) is 1.41. The van der Waals surface area contributed by atoms with Crippen molar-refractivity contribution in [2.45, 2.75) is 32.4 Å². The molecule has 1 unspecified atom stereocenters. The van der Waals surface area contributed by atoms with Gasteiger partial charge < -0.3 is 4.90 Å². The first-order chi connectivity index (χ1) is 7.68. The van der Waals surface area contributed by atoms with Gasteiger partial charge in [-0.15, -0.1) is 0 Å². The number of thiocarbonyl (C=S) groups is 1. The van der Waals surface area contributed by atoms with E-state index in [2.05, 4.69) is 49.1 Å². The average Bonchev–Trinajstić information content (AvgIpc) is 2.61. The zero-order chi connectivity index (χ0) is 11.5. The molecule has 86 valence electrons. The largest absolute Gasteiger partial charge is 0.351 e. The molecule has 0 amide bonds. The van der Waals surface area contributed by atoms with E-state index in [-0.39, 0.29) is 0 Å². The quantitative estimate of drug-likeness (QED) is 0.759. The van der Waals surface area contributed by atoms with E-state index in [9.17, 15) is 0 Å². The van der Waals surface area contributed by atoms with E-state index < -0.39 is 0 Å². The molecule has 0 N–H and O–H groups in total. The summed E-state index contributed by atoms with van der Waals surface area (Å²) in [4.78, 5) is 2.38. The molecule has 0 saturated carbocycles. The van der Waals surface area contributed by atoms with E-state index in [1.807, 2.05) is 11.8 Å². The summed E-state index contributed by atoms with van der Waals surface area (Å²) in [5.74, 6) is 1.13. The van der Waals surface area contributed by atoms with Crippen molar-refractivity contribution in [3.05, 3.63) is 35.9 Å². The van der Waals surface area contributed by atoms with Crippen LogP contribution in [-0.2, 0) is 6.42 Å². The zero-order valence-electron chi connectivity index (χ0n) is 9.72. The first kappa shape index (κ1) is 11.9. The summed E-state index contributed by atoms with van der Waals surface area (Å²) in [5, 5.41) is 0. The molecule has 0 aromatic heterocycles. The molecule has 0 aliphatic carbocycles. The van der Waals surface area contributed by atoms with Gasteiger partial charge in [0.1, 0.15) is 4.32 Å². The van der Waals surface area contributed by atoms with Crippen molar-refractivity contribution < 1.29 is 0 Å². The van der Waals surface area contributed by atoms with Gasteiger partial charge in [-0.3, -0.25) is 0 Å². The second-order valence-electron chi connectivity index (χ2n) is 4.42. The van der Waals surface area contributed by atoms with Crippen molar-refractivity contribution >= 4 is 28.3 Å². The van der Waals surface area contributed by atoms with Gasteiger partial charge in [0.25, 0.3) is 0 Å². The normalized spacial score (nSPS) is 20.8. The van der Waals surface area contributed by atoms with Gasteiger partial charge in [0.05, 0.1) is 0 Å². The maximum atomic E-state index is 5.40. The molecule has 0 radical (unpaired) electrons. The lowest BCUT2D eigenvalue weighted by atomic mass is 10.1. The second-order valence-corrected chi connectivity index (χ2v) is 6.08. The van der Waals surface area contributed by atoms with Gasteiger partial charge in [-0.05, 0) is 25.8 Å². The van der Waals surface area contributed by atoms with Crippen molar-refractivity contribution in [1.82, 2.24) is 4.90 Å². The van der Waals surface area contributed by atoms with Gasteiger partial charge in [-0.25, -0.2) is 0 Å². The van der Waals surface area contributed by atoms with E-state index in [0.29, 0.717) is 12.1 Å². The Bertz CT molecular complexity index is 361. The molecule has 1 fully saturated rings. The van der Waals surface area contributed by atoms with Crippen molar-refractivity contribution in [2.75, 3.05) is 5.75 Å². The highest BCUT2D eigenvalue weighted by Gasteiger charge is 2.30. The van der Waals surface area contributed by atoms with Crippen LogP contribution < -0.4 is 0 Å². The molecule has 1 saturated heterocycles. The van der Waals surface area contributed by atoms with E-state index >= 15 is 0 Å². The summed E-state index contributed by atoms with van der Waals surface area (Å²) < 4.78 is 1.07. The van der Waals surface area contributed by atoms with Crippen LogP contribution in [0.5, 0.6) is 0 Å². The molecule has 2 rings (SSSR count). The molecular weight excluding hydrogens is 234 g/mol. The van der Waals surface area contributed by atoms with Crippen LogP contribution in [0.15, 0.2) is 30.3 Å². The van der Waals surface area contributed by atoms with Crippen LogP contribution in [-0.4, -0.2) is 27.1 Å². The Kier molecular flexibility index (Phi) is 3.87. The molecule has 3 heteroatoms. The van der Waals surface area contributed by atoms with Crippen LogP contribution in [0.25, 0.3) is 0 Å². The third-order valence-electron chi connectivity index (χ3n) is 2.87. The molecule has 1 heterocycles. The standard InChI is InChI=1S/C13H17NS2/c1-10(2)14-12(9-16-13(14)15)8-11-6-4-3-5-7-11/h3-7,10,12H,8-9H2,1-2H3. The smallest absolute Gasteiger partial charge is 0.136 e. The lowest BCUT2D eigenvalue weighted by molar-refractivity contribution is 0.296.